The van der Waals surface area contributed by atoms with Crippen LogP contribution in [-0.2, 0) is 4.74 Å². The maximum Gasteiger partial charge on any atom is 0.162 e. The zero-order valence-corrected chi connectivity index (χ0v) is 10.8. The van der Waals surface area contributed by atoms with Crippen LogP contribution in [0, 0.1) is 5.41 Å². The summed E-state index contributed by atoms with van der Waals surface area (Å²) in [6.45, 7) is 3.71. The first-order valence-corrected chi connectivity index (χ1v) is 6.02. The lowest BCUT2D eigenvalue weighted by atomic mass is 9.94. The summed E-state index contributed by atoms with van der Waals surface area (Å²) in [5.74, 6) is 0.692. The first-order valence-electron chi connectivity index (χ1n) is 6.02. The first kappa shape index (κ1) is 12.8. The molecule has 1 atom stereocenters. The second-order valence-corrected chi connectivity index (χ2v) is 4.86. The maximum atomic E-state index is 7.59. The lowest BCUT2D eigenvalue weighted by Gasteiger charge is -2.40. The van der Waals surface area contributed by atoms with Gasteiger partial charge < -0.3 is 15.4 Å². The lowest BCUT2D eigenvalue weighted by Crippen LogP contribution is -2.48. The minimum absolute atomic E-state index is 0.0181. The molecule has 18 heavy (non-hydrogen) atoms. The summed E-state index contributed by atoms with van der Waals surface area (Å²) in [6, 6.07) is 1.73. The smallest absolute Gasteiger partial charge is 0.162 e. The molecule has 0 aromatic carbocycles. The van der Waals surface area contributed by atoms with Gasteiger partial charge in [-0.15, -0.1) is 5.10 Å². The third-order valence-corrected chi connectivity index (χ3v) is 3.44. The van der Waals surface area contributed by atoms with E-state index in [0.717, 1.165) is 25.9 Å². The molecule has 0 spiro atoms. The van der Waals surface area contributed by atoms with Crippen molar-refractivity contribution in [3.8, 4) is 0 Å². The van der Waals surface area contributed by atoms with E-state index >= 15 is 0 Å². The van der Waals surface area contributed by atoms with Gasteiger partial charge in [0.15, 0.2) is 5.82 Å². The molecule has 6 nitrogen and oxygen atoms in total. The van der Waals surface area contributed by atoms with E-state index in [9.17, 15) is 0 Å². The summed E-state index contributed by atoms with van der Waals surface area (Å²) >= 11 is 0. The summed E-state index contributed by atoms with van der Waals surface area (Å²) in [4.78, 5) is 2.09. The van der Waals surface area contributed by atoms with E-state index in [-0.39, 0.29) is 11.4 Å². The van der Waals surface area contributed by atoms with Gasteiger partial charge in [-0.25, -0.2) is 0 Å². The Kier molecular flexibility index (Phi) is 3.47. The number of aromatic nitrogens is 2. The monoisotopic (exact) mass is 249 g/mol. The third-order valence-electron chi connectivity index (χ3n) is 3.44. The molecule has 1 saturated heterocycles. The second-order valence-electron chi connectivity index (χ2n) is 4.86. The van der Waals surface area contributed by atoms with Gasteiger partial charge in [-0.3, -0.25) is 5.41 Å². The van der Waals surface area contributed by atoms with Crippen molar-refractivity contribution in [3.05, 3.63) is 17.8 Å². The molecule has 1 fully saturated rings. The molecule has 0 radical (unpaired) electrons. The van der Waals surface area contributed by atoms with Gasteiger partial charge in [0, 0.05) is 20.2 Å². The van der Waals surface area contributed by atoms with Gasteiger partial charge >= 0.3 is 0 Å². The molecule has 3 N–H and O–H groups in total. The van der Waals surface area contributed by atoms with E-state index in [2.05, 4.69) is 22.0 Å². The summed E-state index contributed by atoms with van der Waals surface area (Å²) < 4.78 is 5.56. The van der Waals surface area contributed by atoms with Crippen molar-refractivity contribution in [2.24, 2.45) is 5.73 Å². The van der Waals surface area contributed by atoms with Crippen LogP contribution < -0.4 is 10.6 Å². The molecular formula is C12H19N5O. The largest absolute Gasteiger partial charge is 0.384 e. The van der Waals surface area contributed by atoms with Gasteiger partial charge in [0.2, 0.25) is 0 Å². The average Bonchev–Trinajstić information content (AvgIpc) is 2.39. The van der Waals surface area contributed by atoms with Crippen molar-refractivity contribution in [2.45, 2.75) is 25.4 Å². The zero-order valence-electron chi connectivity index (χ0n) is 10.8. The van der Waals surface area contributed by atoms with E-state index in [0.29, 0.717) is 11.4 Å². The van der Waals surface area contributed by atoms with Gasteiger partial charge in [-0.2, -0.15) is 5.10 Å². The van der Waals surface area contributed by atoms with Crippen LogP contribution in [0.5, 0.6) is 0 Å². The highest BCUT2D eigenvalue weighted by Gasteiger charge is 2.32. The van der Waals surface area contributed by atoms with Crippen molar-refractivity contribution >= 4 is 11.7 Å². The highest BCUT2D eigenvalue weighted by atomic mass is 16.5. The average molecular weight is 249 g/mol. The second kappa shape index (κ2) is 4.89. The fourth-order valence-corrected chi connectivity index (χ4v) is 2.32. The Balaban J connectivity index is 2.29. The van der Waals surface area contributed by atoms with Crippen molar-refractivity contribution in [1.82, 2.24) is 10.2 Å². The van der Waals surface area contributed by atoms with Crippen LogP contribution in [0.3, 0.4) is 0 Å². The van der Waals surface area contributed by atoms with Crippen LogP contribution in [0.15, 0.2) is 12.3 Å². The van der Waals surface area contributed by atoms with Gasteiger partial charge in [0.25, 0.3) is 0 Å². The molecule has 1 aromatic heterocycles. The Labute approximate surface area is 107 Å². The Morgan fingerprint density at radius 1 is 1.61 bits per heavy atom. The molecule has 6 heteroatoms. The number of rotatable bonds is 3. The number of amidine groups is 1. The van der Waals surface area contributed by atoms with Gasteiger partial charge in [-0.1, -0.05) is 0 Å². The normalized spacial score (nSPS) is 24.0. The fraction of sp³-hybridized carbons (Fsp3) is 0.583. The molecule has 1 aliphatic heterocycles. The summed E-state index contributed by atoms with van der Waals surface area (Å²) in [5, 5.41) is 15.6. The molecule has 0 saturated carbocycles. The molecule has 2 rings (SSSR count). The van der Waals surface area contributed by atoms with Crippen LogP contribution in [0.25, 0.3) is 0 Å². The molecule has 0 bridgehead atoms. The number of ether oxygens (including phenoxy) is 1. The number of piperidine rings is 1. The van der Waals surface area contributed by atoms with E-state index in [1.165, 1.54) is 0 Å². The van der Waals surface area contributed by atoms with E-state index < -0.39 is 0 Å². The fourth-order valence-electron chi connectivity index (χ4n) is 2.32. The number of nitrogen functional groups attached to an aromatic ring is 1. The number of hydrogen-bond acceptors (Lipinski definition) is 5. The first-order chi connectivity index (χ1) is 8.56. The van der Waals surface area contributed by atoms with E-state index in [1.807, 2.05) is 0 Å². The van der Waals surface area contributed by atoms with Crippen LogP contribution in [0.4, 0.5) is 5.82 Å². The Bertz CT molecular complexity index is 450. The summed E-state index contributed by atoms with van der Waals surface area (Å²) in [5.41, 5.74) is 6.03. The number of hydrogen-bond donors (Lipinski definition) is 2. The summed E-state index contributed by atoms with van der Waals surface area (Å²) in [6.07, 6.45) is 3.60. The molecule has 1 aromatic rings. The van der Waals surface area contributed by atoms with Gasteiger partial charge in [-0.05, 0) is 25.8 Å². The third kappa shape index (κ3) is 2.43. The van der Waals surface area contributed by atoms with Crippen molar-refractivity contribution in [2.75, 3.05) is 25.1 Å². The number of anilines is 1. The molecule has 98 valence electrons. The predicted molar refractivity (Wildman–Crippen MR) is 69.9 cm³/mol. The maximum absolute atomic E-state index is 7.59. The number of nitrogens with zero attached hydrogens (tertiary/aromatic N) is 3. The summed E-state index contributed by atoms with van der Waals surface area (Å²) in [7, 11) is 1.73. The Hall–Kier alpha value is -1.69. The highest BCUT2D eigenvalue weighted by Crippen LogP contribution is 2.28. The van der Waals surface area contributed by atoms with Crippen molar-refractivity contribution in [1.29, 1.82) is 5.41 Å². The Morgan fingerprint density at radius 3 is 3.06 bits per heavy atom. The number of nitrogens with one attached hydrogen (secondary N) is 1. The van der Waals surface area contributed by atoms with Crippen LogP contribution >= 0.6 is 0 Å². The van der Waals surface area contributed by atoms with E-state index in [4.69, 9.17) is 15.9 Å². The number of methoxy groups -OCH3 is 1. The molecular weight excluding hydrogens is 230 g/mol. The van der Waals surface area contributed by atoms with Crippen LogP contribution in [-0.4, -0.2) is 41.8 Å². The standard InChI is InChI=1S/C12H19N5O/c1-12(18-2)5-3-7-17(8-12)11-9(10(13)14)4-6-15-16-11/h4,6H,3,5,7-8H2,1-2H3,(H3,13,14). The lowest BCUT2D eigenvalue weighted by molar-refractivity contribution is -0.00485. The number of nitrogens with two attached hydrogens (primary N) is 1. The van der Waals surface area contributed by atoms with Gasteiger partial charge in [0.05, 0.1) is 17.4 Å². The quantitative estimate of drug-likeness (QED) is 0.610. The SMILES string of the molecule is COC1(C)CCCN(c2nnccc2C(=N)N)C1. The van der Waals surface area contributed by atoms with Crippen LogP contribution in [0.1, 0.15) is 25.3 Å². The van der Waals surface area contributed by atoms with E-state index in [1.54, 1.807) is 19.4 Å². The molecule has 0 amide bonds. The highest BCUT2D eigenvalue weighted by molar-refractivity contribution is 5.99. The minimum atomic E-state index is -0.177. The molecule has 1 aliphatic rings. The zero-order chi connectivity index (χ0) is 13.2. The topological polar surface area (TPSA) is 88.1 Å². The Morgan fingerprint density at radius 2 is 2.39 bits per heavy atom. The van der Waals surface area contributed by atoms with Gasteiger partial charge in [0.1, 0.15) is 5.84 Å². The molecule has 2 heterocycles. The molecule has 1 unspecified atom stereocenters. The molecule has 0 aliphatic carbocycles. The minimum Gasteiger partial charge on any atom is -0.384 e. The van der Waals surface area contributed by atoms with Crippen molar-refractivity contribution in [3.63, 3.8) is 0 Å². The predicted octanol–water partition coefficient (Wildman–Crippen LogP) is 0.766. The van der Waals surface area contributed by atoms with Crippen molar-refractivity contribution < 1.29 is 4.74 Å². The van der Waals surface area contributed by atoms with Crippen LogP contribution in [0.2, 0.25) is 0 Å².